The van der Waals surface area contributed by atoms with Gasteiger partial charge in [-0.3, -0.25) is 4.79 Å². The van der Waals surface area contributed by atoms with Crippen molar-refractivity contribution in [1.29, 1.82) is 0 Å². The first-order chi connectivity index (χ1) is 8.88. The molecule has 1 aromatic rings. The lowest BCUT2D eigenvalue weighted by Gasteiger charge is -2.16. The minimum absolute atomic E-state index is 0.120. The monoisotopic (exact) mass is 287 g/mol. The van der Waals surface area contributed by atoms with Gasteiger partial charge in [0.2, 0.25) is 5.91 Å². The van der Waals surface area contributed by atoms with Crippen molar-refractivity contribution in [1.82, 2.24) is 4.90 Å². The summed E-state index contributed by atoms with van der Waals surface area (Å²) in [7, 11) is -4.67. The van der Waals surface area contributed by atoms with Crippen LogP contribution < -0.4 is 0 Å². The summed E-state index contributed by atoms with van der Waals surface area (Å²) in [6.45, 7) is 0.147. The summed E-state index contributed by atoms with van der Waals surface area (Å²) in [6.07, 6.45) is 0.0943. The molecule has 0 bridgehead atoms. The third-order valence-corrected chi connectivity index (χ3v) is 4.33. The fourth-order valence-corrected chi connectivity index (χ4v) is 2.82. The lowest BCUT2D eigenvalue weighted by molar-refractivity contribution is -0.127. The summed E-state index contributed by atoms with van der Waals surface area (Å²) in [5, 5.41) is 8.31. The van der Waals surface area contributed by atoms with Crippen molar-refractivity contribution in [2.75, 3.05) is 13.1 Å². The molecule has 1 aliphatic rings. The first-order valence-electron chi connectivity index (χ1n) is 5.86. The van der Waals surface area contributed by atoms with Gasteiger partial charge in [-0.2, -0.15) is 8.42 Å². The number of carbonyl (C=O) groups is 1. The van der Waals surface area contributed by atoms with E-state index in [9.17, 15) is 22.2 Å². The average molecular weight is 287 g/mol. The average Bonchev–Trinajstić information content (AvgIpc) is 2.70. The predicted molar refractivity (Wildman–Crippen MR) is 66.8 cm³/mol. The molecule has 1 aromatic carbocycles. The van der Waals surface area contributed by atoms with Gasteiger partial charge in [0.15, 0.2) is 0 Å². The molecule has 2 rings (SSSR count). The summed E-state index contributed by atoms with van der Waals surface area (Å²) in [5.41, 5.74) is 0.668. The van der Waals surface area contributed by atoms with Gasteiger partial charge >= 0.3 is 10.2 Å². The second kappa shape index (κ2) is 5.16. The molecule has 104 valence electrons. The van der Waals surface area contributed by atoms with Gasteiger partial charge < -0.3 is 10.0 Å². The Labute approximate surface area is 110 Å². The molecule has 1 atom stereocenters. The highest BCUT2D eigenvalue weighted by Crippen LogP contribution is 2.21. The molecule has 5 nitrogen and oxygen atoms in total. The number of para-hydroxylation sites is 1. The molecule has 0 aromatic heterocycles. The van der Waals surface area contributed by atoms with Crippen LogP contribution in [0.3, 0.4) is 0 Å². The Morgan fingerprint density at radius 1 is 1.37 bits per heavy atom. The molecule has 0 spiro atoms. The van der Waals surface area contributed by atoms with Gasteiger partial charge in [0, 0.05) is 19.5 Å². The Bertz CT molecular complexity index is 587. The SMILES string of the molecule is O=C1CC(S(=O)(=O)F)CN1CCc1ccccc1O. The molecule has 0 saturated carbocycles. The number of phenols is 1. The molecular weight excluding hydrogens is 273 g/mol. The number of halogens is 1. The molecule has 1 unspecified atom stereocenters. The van der Waals surface area contributed by atoms with Crippen LogP contribution in [0.4, 0.5) is 3.89 Å². The van der Waals surface area contributed by atoms with Crippen molar-refractivity contribution < 1.29 is 22.2 Å². The number of aromatic hydroxyl groups is 1. The molecule has 1 saturated heterocycles. The zero-order valence-electron chi connectivity index (χ0n) is 10.1. The van der Waals surface area contributed by atoms with Gasteiger partial charge in [-0.05, 0) is 18.1 Å². The van der Waals surface area contributed by atoms with E-state index in [0.29, 0.717) is 12.0 Å². The van der Waals surface area contributed by atoms with Crippen LogP contribution in [-0.4, -0.2) is 42.7 Å². The van der Waals surface area contributed by atoms with E-state index in [4.69, 9.17) is 0 Å². The quantitative estimate of drug-likeness (QED) is 0.833. The second-order valence-corrected chi connectivity index (χ2v) is 6.14. The number of rotatable bonds is 4. The number of hydrogen-bond acceptors (Lipinski definition) is 4. The number of phenolic OH excluding ortho intramolecular Hbond substituents is 1. The zero-order valence-corrected chi connectivity index (χ0v) is 10.9. The van der Waals surface area contributed by atoms with Crippen molar-refractivity contribution in [2.45, 2.75) is 18.1 Å². The minimum atomic E-state index is -4.67. The molecule has 1 N–H and O–H groups in total. The number of likely N-dealkylation sites (tertiary alicyclic amines) is 1. The Morgan fingerprint density at radius 3 is 2.63 bits per heavy atom. The van der Waals surface area contributed by atoms with Gasteiger partial charge in [-0.25, -0.2) is 0 Å². The largest absolute Gasteiger partial charge is 0.508 e. The first kappa shape index (κ1) is 13.8. The highest BCUT2D eigenvalue weighted by atomic mass is 32.3. The number of amides is 1. The molecule has 1 aliphatic heterocycles. The van der Waals surface area contributed by atoms with E-state index in [2.05, 4.69) is 0 Å². The number of nitrogens with zero attached hydrogens (tertiary/aromatic N) is 1. The number of carbonyl (C=O) groups excluding carboxylic acids is 1. The standard InChI is InChI=1S/C12H14FNO4S/c13-19(17,18)10-7-12(16)14(8-10)6-5-9-3-1-2-4-11(9)15/h1-4,10,15H,5-8H2. The fourth-order valence-electron chi connectivity index (χ4n) is 2.12. The molecule has 1 heterocycles. The molecular formula is C12H14FNO4S. The van der Waals surface area contributed by atoms with E-state index >= 15 is 0 Å². The third kappa shape index (κ3) is 3.23. The molecule has 0 aliphatic carbocycles. The van der Waals surface area contributed by atoms with Crippen LogP contribution in [0.5, 0.6) is 5.75 Å². The summed E-state index contributed by atoms with van der Waals surface area (Å²) in [6, 6.07) is 6.70. The molecule has 1 amide bonds. The summed E-state index contributed by atoms with van der Waals surface area (Å²) in [4.78, 5) is 12.9. The van der Waals surface area contributed by atoms with Crippen LogP contribution in [0.15, 0.2) is 24.3 Å². The first-order valence-corrected chi connectivity index (χ1v) is 7.30. The van der Waals surface area contributed by atoms with Gasteiger partial charge in [0.25, 0.3) is 0 Å². The highest BCUT2D eigenvalue weighted by molar-refractivity contribution is 7.87. The smallest absolute Gasteiger partial charge is 0.307 e. The maximum Gasteiger partial charge on any atom is 0.307 e. The van der Waals surface area contributed by atoms with Crippen LogP contribution in [0.2, 0.25) is 0 Å². The maximum absolute atomic E-state index is 12.8. The van der Waals surface area contributed by atoms with E-state index in [0.717, 1.165) is 0 Å². The Kier molecular flexibility index (Phi) is 3.75. The van der Waals surface area contributed by atoms with Gasteiger partial charge in [-0.15, -0.1) is 3.89 Å². The lowest BCUT2D eigenvalue weighted by atomic mass is 10.1. The third-order valence-electron chi connectivity index (χ3n) is 3.22. The zero-order chi connectivity index (χ0) is 14.0. The van der Waals surface area contributed by atoms with E-state index in [1.807, 2.05) is 0 Å². The number of hydrogen-bond donors (Lipinski definition) is 1. The predicted octanol–water partition coefficient (Wildman–Crippen LogP) is 0.835. The Morgan fingerprint density at radius 2 is 2.05 bits per heavy atom. The fraction of sp³-hybridized carbons (Fsp3) is 0.417. The Hall–Kier alpha value is -1.63. The number of benzene rings is 1. The summed E-state index contributed by atoms with van der Waals surface area (Å²) in [5.74, 6) is -0.245. The topological polar surface area (TPSA) is 74.7 Å². The molecule has 7 heteroatoms. The van der Waals surface area contributed by atoms with Gasteiger partial charge in [-0.1, -0.05) is 18.2 Å². The van der Waals surface area contributed by atoms with Crippen molar-refractivity contribution >= 4 is 16.1 Å². The van der Waals surface area contributed by atoms with E-state index in [1.165, 1.54) is 11.0 Å². The van der Waals surface area contributed by atoms with Crippen molar-refractivity contribution in [3.05, 3.63) is 29.8 Å². The molecule has 1 fully saturated rings. The van der Waals surface area contributed by atoms with Gasteiger partial charge in [0.05, 0.1) is 0 Å². The van der Waals surface area contributed by atoms with Crippen LogP contribution in [0, 0.1) is 0 Å². The summed E-state index contributed by atoms with van der Waals surface area (Å²) < 4.78 is 34.4. The van der Waals surface area contributed by atoms with E-state index in [1.54, 1.807) is 18.2 Å². The minimum Gasteiger partial charge on any atom is -0.508 e. The molecule has 19 heavy (non-hydrogen) atoms. The normalized spacial score (nSPS) is 19.9. The van der Waals surface area contributed by atoms with Crippen LogP contribution in [-0.2, 0) is 21.4 Å². The van der Waals surface area contributed by atoms with Crippen LogP contribution >= 0.6 is 0 Å². The summed E-state index contributed by atoms with van der Waals surface area (Å²) >= 11 is 0. The lowest BCUT2D eigenvalue weighted by Crippen LogP contribution is -2.29. The van der Waals surface area contributed by atoms with Gasteiger partial charge in [0.1, 0.15) is 11.0 Å². The van der Waals surface area contributed by atoms with E-state index < -0.39 is 15.5 Å². The Balaban J connectivity index is 1.98. The van der Waals surface area contributed by atoms with Crippen molar-refractivity contribution in [2.24, 2.45) is 0 Å². The van der Waals surface area contributed by atoms with Crippen molar-refractivity contribution in [3.63, 3.8) is 0 Å². The van der Waals surface area contributed by atoms with Crippen LogP contribution in [0.25, 0.3) is 0 Å². The second-order valence-electron chi connectivity index (χ2n) is 4.52. The molecule has 0 radical (unpaired) electrons. The maximum atomic E-state index is 12.8. The van der Waals surface area contributed by atoms with Crippen molar-refractivity contribution in [3.8, 4) is 5.75 Å². The van der Waals surface area contributed by atoms with Crippen LogP contribution in [0.1, 0.15) is 12.0 Å². The highest BCUT2D eigenvalue weighted by Gasteiger charge is 2.38. The van der Waals surface area contributed by atoms with E-state index in [-0.39, 0.29) is 31.2 Å².